The molecule has 0 saturated carbocycles. The minimum absolute atomic E-state index is 0.513. The summed E-state index contributed by atoms with van der Waals surface area (Å²) in [7, 11) is 0. The summed E-state index contributed by atoms with van der Waals surface area (Å²) in [6, 6.07) is 6.05. The van der Waals surface area contributed by atoms with Crippen molar-refractivity contribution in [1.82, 2.24) is 0 Å². The molecule has 0 bridgehead atoms. The molecule has 3 nitrogen and oxygen atoms in total. The first-order valence-corrected chi connectivity index (χ1v) is 7.34. The maximum Gasteiger partial charge on any atom is 0.123 e. The molecule has 0 amide bonds. The molecule has 19 heavy (non-hydrogen) atoms. The topological polar surface area (TPSA) is 38.5 Å². The van der Waals surface area contributed by atoms with Crippen molar-refractivity contribution in [3.8, 4) is 5.75 Å². The first-order chi connectivity index (χ1) is 9.06. The van der Waals surface area contributed by atoms with Crippen LogP contribution in [0.15, 0.2) is 18.2 Å². The molecular weight excluding hydrogens is 236 g/mol. The van der Waals surface area contributed by atoms with E-state index in [-0.39, 0.29) is 0 Å². The van der Waals surface area contributed by atoms with Gasteiger partial charge in [0, 0.05) is 36.6 Å². The Hall–Kier alpha value is -1.38. The van der Waals surface area contributed by atoms with Gasteiger partial charge in [-0.1, -0.05) is 20.3 Å². The summed E-state index contributed by atoms with van der Waals surface area (Å²) in [5, 5.41) is 0. The Morgan fingerprint density at radius 1 is 1.21 bits per heavy atom. The van der Waals surface area contributed by atoms with Crippen LogP contribution in [-0.4, -0.2) is 19.7 Å². The van der Waals surface area contributed by atoms with Crippen LogP contribution in [0.1, 0.15) is 40.0 Å². The summed E-state index contributed by atoms with van der Waals surface area (Å²) < 4.78 is 5.57. The largest absolute Gasteiger partial charge is 0.494 e. The number of nitrogens with zero attached hydrogens (tertiary/aromatic N) is 1. The second-order valence-electron chi connectivity index (χ2n) is 5.84. The quantitative estimate of drug-likeness (QED) is 0.841. The monoisotopic (exact) mass is 262 g/mol. The summed E-state index contributed by atoms with van der Waals surface area (Å²) in [4.78, 5) is 2.43. The Labute approximate surface area is 116 Å². The van der Waals surface area contributed by atoms with E-state index in [0.717, 1.165) is 24.5 Å². The van der Waals surface area contributed by atoms with Crippen LogP contribution in [-0.2, 0) is 0 Å². The highest BCUT2D eigenvalue weighted by Gasteiger charge is 2.28. The summed E-state index contributed by atoms with van der Waals surface area (Å²) in [6.07, 6.45) is 3.77. The van der Waals surface area contributed by atoms with Gasteiger partial charge in [-0.05, 0) is 31.2 Å². The van der Waals surface area contributed by atoms with Crippen LogP contribution >= 0.6 is 0 Å². The predicted molar refractivity (Wildman–Crippen MR) is 81.9 cm³/mol. The molecule has 3 heteroatoms. The fraction of sp³-hybridized carbons (Fsp3) is 0.625. The second-order valence-corrected chi connectivity index (χ2v) is 5.84. The zero-order valence-electron chi connectivity index (χ0n) is 12.4. The van der Waals surface area contributed by atoms with Crippen LogP contribution in [0.5, 0.6) is 5.75 Å². The maximum atomic E-state index is 5.97. The summed E-state index contributed by atoms with van der Waals surface area (Å²) in [5.41, 5.74) is 8.46. The number of ether oxygens (including phenoxy) is 1. The molecular formula is C16H26N2O. The Bertz CT molecular complexity index is 423. The molecule has 0 radical (unpaired) electrons. The van der Waals surface area contributed by atoms with E-state index >= 15 is 0 Å². The molecule has 1 heterocycles. The standard InChI is InChI=1S/C16H26N2O/c1-4-16(3)6-8-18(9-7-16)14-10-13(17)11-15(12-14)19-5-2/h10-12H,4-9,17H2,1-3H3. The molecule has 1 aliphatic rings. The molecule has 0 aromatic heterocycles. The second kappa shape index (κ2) is 5.72. The molecule has 2 rings (SSSR count). The SMILES string of the molecule is CCOc1cc(N)cc(N2CCC(C)(CC)CC2)c1. The number of hydrogen-bond acceptors (Lipinski definition) is 3. The van der Waals surface area contributed by atoms with Crippen molar-refractivity contribution in [2.24, 2.45) is 5.41 Å². The number of nitrogen functional groups attached to an aromatic ring is 1. The lowest BCUT2D eigenvalue weighted by molar-refractivity contribution is 0.238. The van der Waals surface area contributed by atoms with Crippen molar-refractivity contribution in [3.63, 3.8) is 0 Å². The van der Waals surface area contributed by atoms with Gasteiger partial charge >= 0.3 is 0 Å². The summed E-state index contributed by atoms with van der Waals surface area (Å²) in [6.45, 7) is 9.59. The third-order valence-corrected chi connectivity index (χ3v) is 4.41. The molecule has 2 N–H and O–H groups in total. The average molecular weight is 262 g/mol. The van der Waals surface area contributed by atoms with Crippen LogP contribution in [0, 0.1) is 5.41 Å². The zero-order valence-corrected chi connectivity index (χ0v) is 12.4. The average Bonchev–Trinajstić information content (AvgIpc) is 2.39. The minimum atomic E-state index is 0.513. The molecule has 0 spiro atoms. The molecule has 0 atom stereocenters. The van der Waals surface area contributed by atoms with Crippen molar-refractivity contribution >= 4 is 11.4 Å². The Kier molecular flexibility index (Phi) is 4.23. The highest BCUT2D eigenvalue weighted by Crippen LogP contribution is 2.36. The van der Waals surface area contributed by atoms with Gasteiger partial charge in [0.2, 0.25) is 0 Å². The number of hydrogen-bond donors (Lipinski definition) is 1. The van der Waals surface area contributed by atoms with Crippen LogP contribution in [0.25, 0.3) is 0 Å². The lowest BCUT2D eigenvalue weighted by atomic mass is 9.78. The lowest BCUT2D eigenvalue weighted by Crippen LogP contribution is -2.38. The van der Waals surface area contributed by atoms with E-state index in [0.29, 0.717) is 12.0 Å². The van der Waals surface area contributed by atoms with Gasteiger partial charge in [0.25, 0.3) is 0 Å². The van der Waals surface area contributed by atoms with Crippen LogP contribution in [0.3, 0.4) is 0 Å². The fourth-order valence-electron chi connectivity index (χ4n) is 2.70. The third-order valence-electron chi connectivity index (χ3n) is 4.41. The van der Waals surface area contributed by atoms with E-state index in [2.05, 4.69) is 30.9 Å². The Morgan fingerprint density at radius 2 is 1.89 bits per heavy atom. The van der Waals surface area contributed by atoms with Crippen molar-refractivity contribution in [2.45, 2.75) is 40.0 Å². The number of nitrogens with two attached hydrogens (primary N) is 1. The van der Waals surface area contributed by atoms with Crippen LogP contribution in [0.2, 0.25) is 0 Å². The lowest BCUT2D eigenvalue weighted by Gasteiger charge is -2.40. The van der Waals surface area contributed by atoms with Gasteiger partial charge in [0.15, 0.2) is 0 Å². The van der Waals surface area contributed by atoms with E-state index in [4.69, 9.17) is 10.5 Å². The predicted octanol–water partition coefficient (Wildman–Crippen LogP) is 3.68. The zero-order chi connectivity index (χ0) is 13.9. The molecule has 1 aromatic carbocycles. The molecule has 0 unspecified atom stereocenters. The molecule has 1 fully saturated rings. The van der Waals surface area contributed by atoms with Gasteiger partial charge in [-0.2, -0.15) is 0 Å². The summed E-state index contributed by atoms with van der Waals surface area (Å²) in [5.74, 6) is 0.876. The number of anilines is 2. The molecule has 1 aromatic rings. The van der Waals surface area contributed by atoms with Crippen molar-refractivity contribution in [1.29, 1.82) is 0 Å². The van der Waals surface area contributed by atoms with Crippen molar-refractivity contribution in [3.05, 3.63) is 18.2 Å². The summed E-state index contributed by atoms with van der Waals surface area (Å²) >= 11 is 0. The van der Waals surface area contributed by atoms with Crippen LogP contribution < -0.4 is 15.4 Å². The molecule has 0 aliphatic carbocycles. The van der Waals surface area contributed by atoms with E-state index in [1.807, 2.05) is 13.0 Å². The number of rotatable bonds is 4. The smallest absolute Gasteiger partial charge is 0.123 e. The van der Waals surface area contributed by atoms with Crippen molar-refractivity contribution in [2.75, 3.05) is 30.3 Å². The van der Waals surface area contributed by atoms with Gasteiger partial charge < -0.3 is 15.4 Å². The van der Waals surface area contributed by atoms with Crippen molar-refractivity contribution < 1.29 is 4.74 Å². The van der Waals surface area contributed by atoms with Gasteiger partial charge in [-0.25, -0.2) is 0 Å². The Balaban J connectivity index is 2.10. The van der Waals surface area contributed by atoms with Crippen LogP contribution in [0.4, 0.5) is 11.4 Å². The highest BCUT2D eigenvalue weighted by molar-refractivity contribution is 5.60. The first kappa shape index (κ1) is 14.0. The fourth-order valence-corrected chi connectivity index (χ4v) is 2.70. The van der Waals surface area contributed by atoms with Gasteiger partial charge in [0.05, 0.1) is 6.61 Å². The third kappa shape index (κ3) is 3.34. The minimum Gasteiger partial charge on any atom is -0.494 e. The van der Waals surface area contributed by atoms with E-state index in [1.54, 1.807) is 0 Å². The van der Waals surface area contributed by atoms with E-state index < -0.39 is 0 Å². The highest BCUT2D eigenvalue weighted by atomic mass is 16.5. The van der Waals surface area contributed by atoms with E-state index in [9.17, 15) is 0 Å². The first-order valence-electron chi connectivity index (χ1n) is 7.34. The molecule has 1 saturated heterocycles. The molecule has 106 valence electrons. The van der Waals surface area contributed by atoms with E-state index in [1.165, 1.54) is 24.9 Å². The van der Waals surface area contributed by atoms with Gasteiger partial charge in [-0.3, -0.25) is 0 Å². The normalized spacial score (nSPS) is 18.4. The maximum absolute atomic E-state index is 5.97. The number of benzene rings is 1. The van der Waals surface area contributed by atoms with Gasteiger partial charge in [0.1, 0.15) is 5.75 Å². The molecule has 1 aliphatic heterocycles. The number of piperidine rings is 1. The van der Waals surface area contributed by atoms with Gasteiger partial charge in [-0.15, -0.1) is 0 Å². The Morgan fingerprint density at radius 3 is 2.47 bits per heavy atom.